The Kier molecular flexibility index (Phi) is 4.03. The molecule has 2 rings (SSSR count). The minimum atomic E-state index is 0.175. The number of hydrogen-bond donors (Lipinski definition) is 2. The summed E-state index contributed by atoms with van der Waals surface area (Å²) in [6.07, 6.45) is 6.95. The van der Waals surface area contributed by atoms with E-state index in [9.17, 15) is 0 Å². The van der Waals surface area contributed by atoms with Crippen LogP contribution in [0.3, 0.4) is 0 Å². The Labute approximate surface area is 102 Å². The van der Waals surface area contributed by atoms with Crippen molar-refractivity contribution in [1.82, 2.24) is 5.32 Å². The van der Waals surface area contributed by atoms with E-state index in [4.69, 9.17) is 16.9 Å². The standard InChI is InChI=1S/C14H18N2O/c1-2-3-7-16-13(10-15)11-4-5-14-12(9-11)6-8-17-14/h1,4-5,9,13,16H,3,6-8,10,15H2. The highest BCUT2D eigenvalue weighted by Gasteiger charge is 2.15. The van der Waals surface area contributed by atoms with Gasteiger partial charge in [-0.15, -0.1) is 12.3 Å². The molecule has 1 aliphatic rings. The summed E-state index contributed by atoms with van der Waals surface area (Å²) in [7, 11) is 0. The summed E-state index contributed by atoms with van der Waals surface area (Å²) in [6.45, 7) is 2.16. The molecule has 1 heterocycles. The Morgan fingerprint density at radius 3 is 3.18 bits per heavy atom. The van der Waals surface area contributed by atoms with E-state index < -0.39 is 0 Å². The predicted octanol–water partition coefficient (Wildman–Crippen LogP) is 1.23. The molecular formula is C14H18N2O. The van der Waals surface area contributed by atoms with Gasteiger partial charge in [-0.1, -0.05) is 12.1 Å². The molecule has 3 nitrogen and oxygen atoms in total. The summed E-state index contributed by atoms with van der Waals surface area (Å²) < 4.78 is 5.49. The Morgan fingerprint density at radius 2 is 2.41 bits per heavy atom. The van der Waals surface area contributed by atoms with Crippen molar-refractivity contribution in [2.45, 2.75) is 18.9 Å². The van der Waals surface area contributed by atoms with E-state index in [2.05, 4.69) is 23.4 Å². The molecule has 0 aliphatic carbocycles. The van der Waals surface area contributed by atoms with Crippen LogP contribution in [-0.4, -0.2) is 19.7 Å². The van der Waals surface area contributed by atoms with E-state index in [1.54, 1.807) is 0 Å². The van der Waals surface area contributed by atoms with Gasteiger partial charge in [0.25, 0.3) is 0 Å². The molecule has 0 fully saturated rings. The Bertz CT molecular complexity index is 423. The SMILES string of the molecule is C#CCCNC(CN)c1ccc2c(c1)CCO2. The molecule has 0 saturated carbocycles. The van der Waals surface area contributed by atoms with Gasteiger partial charge in [-0.25, -0.2) is 0 Å². The number of terminal acetylenes is 1. The molecule has 3 heteroatoms. The molecule has 0 amide bonds. The number of fused-ring (bicyclic) bond motifs is 1. The van der Waals surface area contributed by atoms with Gasteiger partial charge < -0.3 is 15.8 Å². The van der Waals surface area contributed by atoms with Crippen LogP contribution in [0.25, 0.3) is 0 Å². The van der Waals surface area contributed by atoms with Gasteiger partial charge in [0, 0.05) is 32.0 Å². The van der Waals surface area contributed by atoms with Crippen LogP contribution in [0.5, 0.6) is 5.75 Å². The van der Waals surface area contributed by atoms with Crippen molar-refractivity contribution in [1.29, 1.82) is 0 Å². The van der Waals surface area contributed by atoms with Gasteiger partial charge in [0.05, 0.1) is 6.61 Å². The molecule has 0 radical (unpaired) electrons. The van der Waals surface area contributed by atoms with Crippen LogP contribution in [0.15, 0.2) is 18.2 Å². The maximum atomic E-state index is 5.79. The molecule has 0 aromatic heterocycles. The van der Waals surface area contributed by atoms with E-state index in [-0.39, 0.29) is 6.04 Å². The van der Waals surface area contributed by atoms with Gasteiger partial charge in [-0.2, -0.15) is 0 Å². The summed E-state index contributed by atoms with van der Waals surface area (Å²) in [5.74, 6) is 3.62. The molecule has 0 spiro atoms. The van der Waals surface area contributed by atoms with Gasteiger partial charge in [-0.3, -0.25) is 0 Å². The van der Waals surface area contributed by atoms with E-state index in [1.165, 1.54) is 11.1 Å². The van der Waals surface area contributed by atoms with E-state index in [0.29, 0.717) is 6.54 Å². The van der Waals surface area contributed by atoms with Gasteiger partial charge in [0.2, 0.25) is 0 Å². The second-order valence-electron chi connectivity index (χ2n) is 4.16. The van der Waals surface area contributed by atoms with Crippen LogP contribution in [0, 0.1) is 12.3 Å². The lowest BCUT2D eigenvalue weighted by Gasteiger charge is -2.17. The number of rotatable bonds is 5. The third-order valence-corrected chi connectivity index (χ3v) is 3.01. The van der Waals surface area contributed by atoms with Crippen LogP contribution in [-0.2, 0) is 6.42 Å². The molecule has 0 bridgehead atoms. The Hall–Kier alpha value is -1.50. The van der Waals surface area contributed by atoms with Crippen molar-refractivity contribution < 1.29 is 4.74 Å². The molecule has 0 saturated heterocycles. The molecule has 1 aliphatic heterocycles. The average Bonchev–Trinajstić information content (AvgIpc) is 2.82. The molecular weight excluding hydrogens is 212 g/mol. The molecule has 17 heavy (non-hydrogen) atoms. The number of benzene rings is 1. The third kappa shape index (κ3) is 2.79. The average molecular weight is 230 g/mol. The van der Waals surface area contributed by atoms with Crippen LogP contribution in [0.2, 0.25) is 0 Å². The predicted molar refractivity (Wildman–Crippen MR) is 68.9 cm³/mol. The first-order valence-electron chi connectivity index (χ1n) is 5.97. The van der Waals surface area contributed by atoms with Crippen LogP contribution < -0.4 is 15.8 Å². The second-order valence-corrected chi connectivity index (χ2v) is 4.16. The number of nitrogens with one attached hydrogen (secondary N) is 1. The van der Waals surface area contributed by atoms with Crippen LogP contribution in [0.4, 0.5) is 0 Å². The highest BCUT2D eigenvalue weighted by atomic mass is 16.5. The lowest BCUT2D eigenvalue weighted by molar-refractivity contribution is 0.356. The molecule has 1 atom stereocenters. The Balaban J connectivity index is 2.06. The first kappa shape index (κ1) is 12.0. The molecule has 1 unspecified atom stereocenters. The van der Waals surface area contributed by atoms with Crippen molar-refractivity contribution >= 4 is 0 Å². The van der Waals surface area contributed by atoms with Crippen molar-refractivity contribution in [2.24, 2.45) is 5.73 Å². The van der Waals surface area contributed by atoms with E-state index in [1.807, 2.05) is 6.07 Å². The largest absolute Gasteiger partial charge is 0.493 e. The fourth-order valence-electron chi connectivity index (χ4n) is 2.08. The summed E-state index contributed by atoms with van der Waals surface area (Å²) in [5, 5.41) is 3.37. The lowest BCUT2D eigenvalue weighted by atomic mass is 10.0. The molecule has 3 N–H and O–H groups in total. The van der Waals surface area contributed by atoms with Gasteiger partial charge in [-0.05, 0) is 17.2 Å². The number of hydrogen-bond acceptors (Lipinski definition) is 3. The highest BCUT2D eigenvalue weighted by molar-refractivity contribution is 5.40. The minimum absolute atomic E-state index is 0.175. The fraction of sp³-hybridized carbons (Fsp3) is 0.429. The normalized spacial score (nSPS) is 14.8. The van der Waals surface area contributed by atoms with Gasteiger partial charge in [0.1, 0.15) is 5.75 Å². The maximum Gasteiger partial charge on any atom is 0.122 e. The van der Waals surface area contributed by atoms with Crippen LogP contribution >= 0.6 is 0 Å². The molecule has 1 aromatic carbocycles. The maximum absolute atomic E-state index is 5.79. The van der Waals surface area contributed by atoms with Crippen LogP contribution in [0.1, 0.15) is 23.6 Å². The first-order valence-corrected chi connectivity index (χ1v) is 5.97. The fourth-order valence-corrected chi connectivity index (χ4v) is 2.08. The number of ether oxygens (including phenoxy) is 1. The highest BCUT2D eigenvalue weighted by Crippen LogP contribution is 2.27. The van der Waals surface area contributed by atoms with Crippen molar-refractivity contribution in [3.05, 3.63) is 29.3 Å². The summed E-state index contributed by atoms with van der Waals surface area (Å²) in [5.41, 5.74) is 8.28. The smallest absolute Gasteiger partial charge is 0.122 e. The zero-order valence-electron chi connectivity index (χ0n) is 9.91. The monoisotopic (exact) mass is 230 g/mol. The second kappa shape index (κ2) is 5.72. The minimum Gasteiger partial charge on any atom is -0.493 e. The van der Waals surface area contributed by atoms with Crippen molar-refractivity contribution in [3.63, 3.8) is 0 Å². The molecule has 90 valence electrons. The number of nitrogens with two attached hydrogens (primary N) is 1. The summed E-state index contributed by atoms with van der Waals surface area (Å²) in [6, 6.07) is 6.46. The summed E-state index contributed by atoms with van der Waals surface area (Å²) in [4.78, 5) is 0. The quantitative estimate of drug-likeness (QED) is 0.591. The van der Waals surface area contributed by atoms with Crippen molar-refractivity contribution in [2.75, 3.05) is 19.7 Å². The van der Waals surface area contributed by atoms with Gasteiger partial charge in [0.15, 0.2) is 0 Å². The topological polar surface area (TPSA) is 47.3 Å². The summed E-state index contributed by atoms with van der Waals surface area (Å²) >= 11 is 0. The van der Waals surface area contributed by atoms with E-state index in [0.717, 1.165) is 31.7 Å². The lowest BCUT2D eigenvalue weighted by Crippen LogP contribution is -2.28. The third-order valence-electron chi connectivity index (χ3n) is 3.01. The van der Waals surface area contributed by atoms with E-state index >= 15 is 0 Å². The van der Waals surface area contributed by atoms with Gasteiger partial charge >= 0.3 is 0 Å². The first-order chi connectivity index (χ1) is 8.35. The zero-order valence-corrected chi connectivity index (χ0v) is 9.91. The zero-order chi connectivity index (χ0) is 12.1. The molecule has 1 aromatic rings. The van der Waals surface area contributed by atoms with Crippen molar-refractivity contribution in [3.8, 4) is 18.1 Å². The Morgan fingerprint density at radius 1 is 1.53 bits per heavy atom.